The zero-order chi connectivity index (χ0) is 17.8. The van der Waals surface area contributed by atoms with Crippen LogP contribution in [0.1, 0.15) is 50.1 Å². The minimum absolute atomic E-state index is 0.129. The molecule has 1 amide bonds. The van der Waals surface area contributed by atoms with Crippen LogP contribution in [-0.4, -0.2) is 29.7 Å². The number of ether oxygens (including phenoxy) is 1. The molecule has 136 valence electrons. The highest BCUT2D eigenvalue weighted by molar-refractivity contribution is 5.80. The molecule has 1 aromatic carbocycles. The van der Waals surface area contributed by atoms with Gasteiger partial charge in [0, 0.05) is 12.5 Å². The molecular weight excluding hydrogens is 325 g/mol. The molecule has 2 N–H and O–H groups in total. The monoisotopic (exact) mass is 349 g/mol. The molecule has 2 fully saturated rings. The minimum atomic E-state index is -0.827. The van der Waals surface area contributed by atoms with Gasteiger partial charge in [0.2, 0.25) is 5.91 Å². The summed E-state index contributed by atoms with van der Waals surface area (Å²) in [5.41, 5.74) is 0.812. The second-order valence-corrected chi connectivity index (χ2v) is 6.99. The lowest BCUT2D eigenvalue weighted by atomic mass is 9.80. The number of rotatable bonds is 5. The highest BCUT2D eigenvalue weighted by Gasteiger charge is 2.34. The fraction of sp³-hybridized carbons (Fsp3) is 0.579. The molecule has 0 aromatic heterocycles. The van der Waals surface area contributed by atoms with E-state index in [-0.39, 0.29) is 29.8 Å². The highest BCUT2D eigenvalue weighted by atomic mass is 19.1. The van der Waals surface area contributed by atoms with Gasteiger partial charge in [-0.2, -0.15) is 0 Å². The van der Waals surface area contributed by atoms with E-state index in [0.717, 1.165) is 24.8 Å². The molecule has 1 aromatic rings. The van der Waals surface area contributed by atoms with E-state index >= 15 is 0 Å². The number of carboxylic acid groups (broad SMARTS) is 1. The van der Waals surface area contributed by atoms with Crippen molar-refractivity contribution in [2.45, 2.75) is 50.7 Å². The summed E-state index contributed by atoms with van der Waals surface area (Å²) in [6.07, 6.45) is 4.10. The first-order chi connectivity index (χ1) is 12.0. The molecule has 6 heteroatoms. The van der Waals surface area contributed by atoms with Gasteiger partial charge in [-0.15, -0.1) is 0 Å². The van der Waals surface area contributed by atoms with Gasteiger partial charge in [0.25, 0.3) is 0 Å². The fourth-order valence-corrected chi connectivity index (χ4v) is 3.85. The van der Waals surface area contributed by atoms with Crippen LogP contribution in [0.2, 0.25) is 0 Å². The smallest absolute Gasteiger partial charge is 0.306 e. The molecule has 1 heterocycles. The van der Waals surface area contributed by atoms with E-state index in [9.17, 15) is 19.1 Å². The van der Waals surface area contributed by atoms with E-state index < -0.39 is 11.9 Å². The van der Waals surface area contributed by atoms with Crippen molar-refractivity contribution in [3.8, 4) is 0 Å². The van der Waals surface area contributed by atoms with Gasteiger partial charge in [0.05, 0.1) is 18.1 Å². The number of hydrogen-bond donors (Lipinski definition) is 2. The van der Waals surface area contributed by atoms with Crippen molar-refractivity contribution in [2.75, 3.05) is 6.61 Å². The lowest BCUT2D eigenvalue weighted by Crippen LogP contribution is -2.41. The van der Waals surface area contributed by atoms with Crippen LogP contribution in [0.3, 0.4) is 0 Å². The number of amides is 1. The predicted molar refractivity (Wildman–Crippen MR) is 89.3 cm³/mol. The Labute approximate surface area is 146 Å². The number of carbonyl (C=O) groups excluding carboxylic acids is 1. The Kier molecular flexibility index (Phi) is 5.68. The summed E-state index contributed by atoms with van der Waals surface area (Å²) in [5.74, 6) is -2.02. The summed E-state index contributed by atoms with van der Waals surface area (Å²) in [7, 11) is 0. The molecule has 0 radical (unpaired) electrons. The molecule has 1 aliphatic heterocycles. The van der Waals surface area contributed by atoms with Crippen molar-refractivity contribution < 1.29 is 23.8 Å². The van der Waals surface area contributed by atoms with Crippen molar-refractivity contribution >= 4 is 11.9 Å². The lowest BCUT2D eigenvalue weighted by molar-refractivity contribution is -0.144. The van der Waals surface area contributed by atoms with Gasteiger partial charge in [-0.25, -0.2) is 4.39 Å². The number of halogens is 1. The average molecular weight is 349 g/mol. The predicted octanol–water partition coefficient (Wildman–Crippen LogP) is 3.05. The Morgan fingerprint density at radius 3 is 2.48 bits per heavy atom. The van der Waals surface area contributed by atoms with Gasteiger partial charge >= 0.3 is 5.97 Å². The van der Waals surface area contributed by atoms with E-state index in [2.05, 4.69) is 5.32 Å². The quantitative estimate of drug-likeness (QED) is 0.857. The van der Waals surface area contributed by atoms with Gasteiger partial charge < -0.3 is 15.2 Å². The van der Waals surface area contributed by atoms with Crippen LogP contribution in [-0.2, 0) is 14.3 Å². The van der Waals surface area contributed by atoms with E-state index in [1.165, 1.54) is 12.1 Å². The molecule has 1 saturated heterocycles. The number of carboxylic acids is 1. The Balaban J connectivity index is 1.72. The molecule has 3 rings (SSSR count). The molecule has 5 nitrogen and oxygen atoms in total. The molecule has 4 atom stereocenters. The first kappa shape index (κ1) is 17.9. The molecule has 0 bridgehead atoms. The van der Waals surface area contributed by atoms with Crippen LogP contribution in [0, 0.1) is 17.7 Å². The summed E-state index contributed by atoms with van der Waals surface area (Å²) < 4.78 is 19.0. The Hall–Kier alpha value is -1.95. The first-order valence-electron chi connectivity index (χ1n) is 8.95. The van der Waals surface area contributed by atoms with Crippen molar-refractivity contribution in [3.05, 3.63) is 35.6 Å². The molecule has 4 unspecified atom stereocenters. The van der Waals surface area contributed by atoms with Crippen molar-refractivity contribution in [1.82, 2.24) is 5.32 Å². The second kappa shape index (κ2) is 7.95. The van der Waals surface area contributed by atoms with Crippen LogP contribution < -0.4 is 5.32 Å². The largest absolute Gasteiger partial charge is 0.481 e. The normalized spacial score (nSPS) is 27.6. The van der Waals surface area contributed by atoms with E-state index in [1.54, 1.807) is 12.1 Å². The zero-order valence-electron chi connectivity index (χ0n) is 14.1. The van der Waals surface area contributed by atoms with E-state index in [0.29, 0.717) is 25.9 Å². The van der Waals surface area contributed by atoms with E-state index in [1.807, 2.05) is 0 Å². The van der Waals surface area contributed by atoms with Gasteiger partial charge in [0.1, 0.15) is 5.82 Å². The number of aliphatic carboxylic acids is 1. The standard InChI is InChI=1S/C19H24FNO4/c20-15-8-6-12(7-9-15)17(16-5-2-10-25-16)21-18(22)13-3-1-4-14(11-13)19(23)24/h6-9,13-14,16-17H,1-5,10-11H2,(H,21,22)(H,23,24). The van der Waals surface area contributed by atoms with Crippen LogP contribution in [0.5, 0.6) is 0 Å². The summed E-state index contributed by atoms with van der Waals surface area (Å²) in [6, 6.07) is 5.77. The molecule has 1 saturated carbocycles. The maximum Gasteiger partial charge on any atom is 0.306 e. The minimum Gasteiger partial charge on any atom is -0.481 e. The Morgan fingerprint density at radius 2 is 1.84 bits per heavy atom. The molecular formula is C19H24FNO4. The first-order valence-corrected chi connectivity index (χ1v) is 8.95. The van der Waals surface area contributed by atoms with Gasteiger partial charge in [-0.05, 0) is 49.8 Å². The van der Waals surface area contributed by atoms with Crippen molar-refractivity contribution in [3.63, 3.8) is 0 Å². The maximum atomic E-state index is 13.2. The zero-order valence-corrected chi connectivity index (χ0v) is 14.1. The lowest BCUT2D eigenvalue weighted by Gasteiger charge is -2.30. The third-order valence-corrected chi connectivity index (χ3v) is 5.26. The van der Waals surface area contributed by atoms with Crippen molar-refractivity contribution in [1.29, 1.82) is 0 Å². The van der Waals surface area contributed by atoms with Crippen LogP contribution in [0.25, 0.3) is 0 Å². The third-order valence-electron chi connectivity index (χ3n) is 5.26. The Bertz CT molecular complexity index is 612. The third kappa shape index (κ3) is 4.37. The summed E-state index contributed by atoms with van der Waals surface area (Å²) >= 11 is 0. The molecule has 1 aliphatic carbocycles. The van der Waals surface area contributed by atoms with E-state index in [4.69, 9.17) is 4.74 Å². The number of hydrogen-bond acceptors (Lipinski definition) is 3. The number of carbonyl (C=O) groups is 2. The molecule has 2 aliphatic rings. The fourth-order valence-electron chi connectivity index (χ4n) is 3.85. The maximum absolute atomic E-state index is 13.2. The van der Waals surface area contributed by atoms with Crippen LogP contribution >= 0.6 is 0 Å². The van der Waals surface area contributed by atoms with Crippen LogP contribution in [0.4, 0.5) is 4.39 Å². The molecule has 25 heavy (non-hydrogen) atoms. The number of nitrogens with one attached hydrogen (secondary N) is 1. The average Bonchev–Trinajstić information content (AvgIpc) is 3.15. The highest BCUT2D eigenvalue weighted by Crippen LogP contribution is 2.32. The van der Waals surface area contributed by atoms with Gasteiger partial charge in [0.15, 0.2) is 0 Å². The van der Waals surface area contributed by atoms with Crippen molar-refractivity contribution in [2.24, 2.45) is 11.8 Å². The SMILES string of the molecule is O=C(O)C1CCCC(C(=O)NC(c2ccc(F)cc2)C2CCCO2)C1. The van der Waals surface area contributed by atoms with Gasteiger partial charge in [-0.1, -0.05) is 18.6 Å². The Morgan fingerprint density at radius 1 is 1.12 bits per heavy atom. The summed E-state index contributed by atoms with van der Waals surface area (Å²) in [5, 5.41) is 12.3. The summed E-state index contributed by atoms with van der Waals surface area (Å²) in [6.45, 7) is 0.656. The summed E-state index contributed by atoms with van der Waals surface area (Å²) in [4.78, 5) is 24.0. The van der Waals surface area contributed by atoms with Gasteiger partial charge in [-0.3, -0.25) is 9.59 Å². The molecule has 0 spiro atoms. The topological polar surface area (TPSA) is 75.6 Å². The van der Waals surface area contributed by atoms with Crippen LogP contribution in [0.15, 0.2) is 24.3 Å². The second-order valence-electron chi connectivity index (χ2n) is 6.99. The number of benzene rings is 1.